The lowest BCUT2D eigenvalue weighted by molar-refractivity contribution is 0.313. The molecule has 0 saturated heterocycles. The molecule has 0 aliphatic rings. The standard InChI is InChI=1S/C10H16BrN3O3S2/c1-5(2)8(10(12)13-15)14-19(16,17)7-4-6(3)9(11)18-7/h4-5,8,14-15H,1-3H3,(H2,12,13). The van der Waals surface area contributed by atoms with Gasteiger partial charge >= 0.3 is 0 Å². The third kappa shape index (κ3) is 3.91. The number of nitrogens with one attached hydrogen (secondary N) is 1. The summed E-state index contributed by atoms with van der Waals surface area (Å²) in [5, 5.41) is 11.6. The van der Waals surface area contributed by atoms with E-state index in [0.717, 1.165) is 20.7 Å². The summed E-state index contributed by atoms with van der Waals surface area (Å²) >= 11 is 4.40. The van der Waals surface area contributed by atoms with Gasteiger partial charge in [0.1, 0.15) is 4.21 Å². The number of amidine groups is 1. The van der Waals surface area contributed by atoms with Crippen LogP contribution in [0.3, 0.4) is 0 Å². The van der Waals surface area contributed by atoms with E-state index in [1.54, 1.807) is 19.9 Å². The molecule has 108 valence electrons. The van der Waals surface area contributed by atoms with Crippen molar-refractivity contribution in [2.75, 3.05) is 0 Å². The fraction of sp³-hybridized carbons (Fsp3) is 0.500. The van der Waals surface area contributed by atoms with Gasteiger partial charge in [0, 0.05) is 0 Å². The van der Waals surface area contributed by atoms with Crippen LogP contribution < -0.4 is 10.5 Å². The average molecular weight is 370 g/mol. The minimum absolute atomic E-state index is 0.143. The quantitative estimate of drug-likeness (QED) is 0.318. The molecular weight excluding hydrogens is 354 g/mol. The number of nitrogens with zero attached hydrogens (tertiary/aromatic N) is 1. The fourth-order valence-electron chi connectivity index (χ4n) is 1.39. The Hall–Kier alpha value is -0.640. The molecule has 0 amide bonds. The van der Waals surface area contributed by atoms with E-state index < -0.39 is 16.1 Å². The first-order valence-electron chi connectivity index (χ1n) is 5.44. The molecule has 1 aromatic rings. The molecule has 1 heterocycles. The van der Waals surface area contributed by atoms with Crippen molar-refractivity contribution >= 4 is 43.1 Å². The Labute approximate surface area is 124 Å². The Kier molecular flexibility index (Phi) is 5.36. The summed E-state index contributed by atoms with van der Waals surface area (Å²) < 4.78 is 27.8. The van der Waals surface area contributed by atoms with Crippen LogP contribution in [0.1, 0.15) is 19.4 Å². The van der Waals surface area contributed by atoms with E-state index in [1.807, 2.05) is 6.92 Å². The van der Waals surface area contributed by atoms with Crippen molar-refractivity contribution in [1.29, 1.82) is 0 Å². The van der Waals surface area contributed by atoms with Crippen LogP contribution in [-0.2, 0) is 10.0 Å². The van der Waals surface area contributed by atoms with Crippen LogP contribution in [0.4, 0.5) is 0 Å². The van der Waals surface area contributed by atoms with Crippen molar-refractivity contribution in [2.45, 2.75) is 31.0 Å². The highest BCUT2D eigenvalue weighted by molar-refractivity contribution is 9.11. The predicted molar refractivity (Wildman–Crippen MR) is 79.1 cm³/mol. The van der Waals surface area contributed by atoms with Crippen molar-refractivity contribution in [1.82, 2.24) is 4.72 Å². The van der Waals surface area contributed by atoms with Gasteiger partial charge in [0.25, 0.3) is 10.0 Å². The molecular formula is C10H16BrN3O3S2. The van der Waals surface area contributed by atoms with E-state index in [2.05, 4.69) is 25.8 Å². The van der Waals surface area contributed by atoms with Gasteiger partial charge in [-0.3, -0.25) is 0 Å². The van der Waals surface area contributed by atoms with Crippen LogP contribution in [0.15, 0.2) is 19.2 Å². The Morgan fingerprint density at radius 1 is 1.58 bits per heavy atom. The monoisotopic (exact) mass is 369 g/mol. The number of aryl methyl sites for hydroxylation is 1. The van der Waals surface area contributed by atoms with Crippen molar-refractivity contribution in [3.05, 3.63) is 15.4 Å². The second kappa shape index (κ2) is 6.21. The van der Waals surface area contributed by atoms with Gasteiger partial charge in [-0.25, -0.2) is 8.42 Å². The van der Waals surface area contributed by atoms with Crippen molar-refractivity contribution in [2.24, 2.45) is 16.8 Å². The Bertz CT molecular complexity index is 561. The highest BCUT2D eigenvalue weighted by Gasteiger charge is 2.27. The highest BCUT2D eigenvalue weighted by atomic mass is 79.9. The number of nitrogens with two attached hydrogens (primary N) is 1. The summed E-state index contributed by atoms with van der Waals surface area (Å²) in [5.74, 6) is -0.305. The number of hydrogen-bond donors (Lipinski definition) is 3. The van der Waals surface area contributed by atoms with Crippen LogP contribution in [0, 0.1) is 12.8 Å². The lowest BCUT2D eigenvalue weighted by Crippen LogP contribution is -2.47. The van der Waals surface area contributed by atoms with Gasteiger partial charge < -0.3 is 10.9 Å². The molecule has 0 saturated carbocycles. The molecule has 0 aliphatic heterocycles. The normalized spacial score (nSPS) is 14.9. The molecule has 4 N–H and O–H groups in total. The van der Waals surface area contributed by atoms with E-state index >= 15 is 0 Å². The molecule has 0 fully saturated rings. The van der Waals surface area contributed by atoms with E-state index in [4.69, 9.17) is 10.9 Å². The molecule has 1 rings (SSSR count). The summed E-state index contributed by atoms with van der Waals surface area (Å²) in [6.45, 7) is 5.37. The maximum atomic E-state index is 12.2. The van der Waals surface area contributed by atoms with Crippen LogP contribution in [-0.4, -0.2) is 25.5 Å². The third-order valence-corrected chi connectivity index (χ3v) is 6.53. The molecule has 0 aromatic carbocycles. The topological polar surface area (TPSA) is 105 Å². The summed E-state index contributed by atoms with van der Waals surface area (Å²) in [5.41, 5.74) is 6.35. The zero-order valence-electron chi connectivity index (χ0n) is 10.7. The highest BCUT2D eigenvalue weighted by Crippen LogP contribution is 2.30. The second-order valence-electron chi connectivity index (χ2n) is 4.39. The van der Waals surface area contributed by atoms with Gasteiger partial charge in [0.15, 0.2) is 5.84 Å². The van der Waals surface area contributed by atoms with Crippen molar-refractivity contribution in [3.8, 4) is 0 Å². The Morgan fingerprint density at radius 2 is 2.16 bits per heavy atom. The van der Waals surface area contributed by atoms with E-state index in [0.29, 0.717) is 0 Å². The molecule has 0 aliphatic carbocycles. The minimum atomic E-state index is -3.69. The van der Waals surface area contributed by atoms with Gasteiger partial charge in [-0.2, -0.15) is 4.72 Å². The summed E-state index contributed by atoms with van der Waals surface area (Å²) in [4.78, 5) is 0. The largest absolute Gasteiger partial charge is 0.409 e. The van der Waals surface area contributed by atoms with Crippen LogP contribution in [0.5, 0.6) is 0 Å². The lowest BCUT2D eigenvalue weighted by atomic mass is 10.1. The lowest BCUT2D eigenvalue weighted by Gasteiger charge is -2.20. The van der Waals surface area contributed by atoms with Crippen molar-refractivity contribution < 1.29 is 13.6 Å². The average Bonchev–Trinajstić information content (AvgIpc) is 2.66. The molecule has 0 radical (unpaired) electrons. The van der Waals surface area contributed by atoms with Crippen LogP contribution >= 0.6 is 27.3 Å². The molecule has 0 bridgehead atoms. The summed E-state index contributed by atoms with van der Waals surface area (Å²) in [6.07, 6.45) is 0. The zero-order chi connectivity index (χ0) is 14.8. The molecule has 1 atom stereocenters. The number of halogens is 1. The Morgan fingerprint density at radius 3 is 2.53 bits per heavy atom. The number of sulfonamides is 1. The fourth-order valence-corrected chi connectivity index (χ4v) is 4.99. The first kappa shape index (κ1) is 16.4. The molecule has 19 heavy (non-hydrogen) atoms. The van der Waals surface area contributed by atoms with Gasteiger partial charge in [-0.1, -0.05) is 19.0 Å². The van der Waals surface area contributed by atoms with E-state index in [1.165, 1.54) is 0 Å². The molecule has 6 nitrogen and oxygen atoms in total. The zero-order valence-corrected chi connectivity index (χ0v) is 13.9. The third-order valence-electron chi connectivity index (χ3n) is 2.48. The SMILES string of the molecule is Cc1cc(S(=O)(=O)NC(C(N)=NO)C(C)C)sc1Br. The Balaban J connectivity index is 3.07. The molecule has 9 heteroatoms. The number of hydrogen-bond acceptors (Lipinski definition) is 5. The molecule has 0 spiro atoms. The maximum Gasteiger partial charge on any atom is 0.250 e. The summed E-state index contributed by atoms with van der Waals surface area (Å²) in [6, 6.07) is 0.817. The minimum Gasteiger partial charge on any atom is -0.409 e. The van der Waals surface area contributed by atoms with Crippen LogP contribution in [0.25, 0.3) is 0 Å². The van der Waals surface area contributed by atoms with Gasteiger partial charge in [0.05, 0.1) is 9.83 Å². The molecule has 1 aromatic heterocycles. The smallest absolute Gasteiger partial charge is 0.250 e. The number of thiophene rings is 1. The first-order valence-corrected chi connectivity index (χ1v) is 8.54. The predicted octanol–water partition coefficient (Wildman–Crippen LogP) is 1.87. The van der Waals surface area contributed by atoms with Gasteiger partial charge in [0.2, 0.25) is 0 Å². The van der Waals surface area contributed by atoms with Crippen LogP contribution in [0.2, 0.25) is 0 Å². The number of rotatable bonds is 5. The second-order valence-corrected chi connectivity index (χ2v) is 8.70. The van der Waals surface area contributed by atoms with Gasteiger partial charge in [-0.05, 0) is 40.4 Å². The van der Waals surface area contributed by atoms with Gasteiger partial charge in [-0.15, -0.1) is 11.3 Å². The summed E-state index contributed by atoms with van der Waals surface area (Å²) in [7, 11) is -3.69. The number of oxime groups is 1. The molecule has 1 unspecified atom stereocenters. The van der Waals surface area contributed by atoms with Crippen molar-refractivity contribution in [3.63, 3.8) is 0 Å². The van der Waals surface area contributed by atoms with E-state index in [-0.39, 0.29) is 16.0 Å². The maximum absolute atomic E-state index is 12.2. The van der Waals surface area contributed by atoms with E-state index in [9.17, 15) is 8.42 Å². The first-order chi connectivity index (χ1) is 8.69.